The zero-order valence-corrected chi connectivity index (χ0v) is 35.1. The van der Waals surface area contributed by atoms with Crippen LogP contribution in [-0.4, -0.2) is 132 Å². The molecule has 2 aliphatic rings. The van der Waals surface area contributed by atoms with Gasteiger partial charge in [0.05, 0.1) is 11.4 Å². The Labute approximate surface area is 355 Å². The molecule has 0 spiro atoms. The van der Waals surface area contributed by atoms with Gasteiger partial charge in [-0.15, -0.1) is 0 Å². The topological polar surface area (TPSA) is 276 Å². The van der Waals surface area contributed by atoms with E-state index in [1.807, 2.05) is 0 Å². The van der Waals surface area contributed by atoms with Crippen LogP contribution < -0.4 is 10.1 Å². The van der Waals surface area contributed by atoms with Crippen LogP contribution in [0.15, 0.2) is 60.7 Å². The Kier molecular flexibility index (Phi) is 19.3. The number of carbonyl (C=O) groups is 8. The molecule has 22 nitrogen and oxygen atoms in total. The number of benzene rings is 2. The lowest BCUT2D eigenvalue weighted by Gasteiger charge is -2.43. The van der Waals surface area contributed by atoms with E-state index in [-0.39, 0.29) is 0 Å². The van der Waals surface area contributed by atoms with Gasteiger partial charge in [-0.2, -0.15) is 10.1 Å². The molecule has 0 aromatic heterocycles. The number of carbonyl (C=O) groups excluding carboxylic acids is 8. The van der Waals surface area contributed by atoms with Gasteiger partial charge in [-0.1, -0.05) is 36.4 Å². The molecule has 2 heterocycles. The van der Waals surface area contributed by atoms with Crippen molar-refractivity contribution >= 4 is 59.0 Å². The van der Waals surface area contributed by atoms with Crippen molar-refractivity contribution in [2.24, 2.45) is 0 Å². The molecule has 10 atom stereocenters. The Morgan fingerprint density at radius 1 is 0.468 bits per heavy atom. The number of hydroxylamine groups is 2. The number of rotatable bonds is 14. The summed E-state index contributed by atoms with van der Waals surface area (Å²) >= 11 is 0. The zero-order valence-electron chi connectivity index (χ0n) is 35.1. The van der Waals surface area contributed by atoms with Gasteiger partial charge in [-0.05, 0) is 24.3 Å². The number of esters is 6. The van der Waals surface area contributed by atoms with Crippen LogP contribution in [0, 0.1) is 0 Å². The van der Waals surface area contributed by atoms with E-state index >= 15 is 0 Å². The Hall–Kier alpha value is -6.04. The molecule has 0 unspecified atom stereocenters. The summed E-state index contributed by atoms with van der Waals surface area (Å²) in [5.41, 5.74) is 0.707. The van der Waals surface area contributed by atoms with Crippen molar-refractivity contribution in [1.29, 1.82) is 0 Å². The molecule has 2 aromatic rings. The second-order valence-electron chi connectivity index (χ2n) is 13.5. The van der Waals surface area contributed by atoms with Gasteiger partial charge >= 0.3 is 35.8 Å². The number of aliphatic hydroxyl groups is 2. The quantitative estimate of drug-likeness (QED) is 0.152. The molecule has 2 fully saturated rings. The van der Waals surface area contributed by atoms with E-state index in [9.17, 15) is 48.6 Å². The summed E-state index contributed by atoms with van der Waals surface area (Å²) in [4.78, 5) is 105. The number of ether oxygens (including phenoxy) is 8. The van der Waals surface area contributed by atoms with Crippen LogP contribution in [0.4, 0.5) is 11.4 Å². The van der Waals surface area contributed by atoms with E-state index in [1.54, 1.807) is 60.7 Å². The lowest BCUT2D eigenvalue weighted by molar-refractivity contribution is -0.307. The average molecular weight is 879 g/mol. The summed E-state index contributed by atoms with van der Waals surface area (Å²) in [5, 5.41) is 23.1. The lowest BCUT2D eigenvalue weighted by atomic mass is 9.98. The Morgan fingerprint density at radius 3 is 1.02 bits per heavy atom. The number of para-hydroxylation sites is 2. The highest BCUT2D eigenvalue weighted by molar-refractivity contribution is 5.89. The third-order valence-corrected chi connectivity index (χ3v) is 8.32. The summed E-state index contributed by atoms with van der Waals surface area (Å²) in [6.45, 7) is 8.46. The minimum absolute atomic E-state index is 0.354. The normalized spacial score (nSPS) is 25.3. The first-order valence-electron chi connectivity index (χ1n) is 18.9. The fourth-order valence-corrected chi connectivity index (χ4v) is 5.88. The molecule has 2 saturated heterocycles. The highest BCUT2D eigenvalue weighted by atomic mass is 16.8. The summed E-state index contributed by atoms with van der Waals surface area (Å²) < 4.78 is 41.9. The molecule has 0 saturated carbocycles. The van der Waals surface area contributed by atoms with E-state index in [0.717, 1.165) is 37.8 Å². The fourth-order valence-electron chi connectivity index (χ4n) is 5.88. The molecule has 0 bridgehead atoms. The number of aliphatic hydroxyl groups excluding tert-OH is 2. The molecule has 2 aliphatic heterocycles. The van der Waals surface area contributed by atoms with Crippen molar-refractivity contribution in [2.75, 3.05) is 23.3 Å². The van der Waals surface area contributed by atoms with Crippen LogP contribution in [0.5, 0.6) is 0 Å². The van der Waals surface area contributed by atoms with Gasteiger partial charge in [0.2, 0.25) is 24.4 Å². The third kappa shape index (κ3) is 15.1. The summed E-state index contributed by atoms with van der Waals surface area (Å²) in [7, 11) is 0. The molecule has 22 heteroatoms. The number of anilines is 2. The molecule has 2 amide bonds. The summed E-state index contributed by atoms with van der Waals surface area (Å²) in [6.07, 6.45) is -14.1. The van der Waals surface area contributed by atoms with Crippen LogP contribution in [0.1, 0.15) is 55.4 Å². The fraction of sp³-hybridized carbons (Fsp3) is 0.500. The van der Waals surface area contributed by atoms with Crippen molar-refractivity contribution in [3.8, 4) is 0 Å². The number of amides is 2. The standard InChI is InChI=1S/2C20H25NO10/c2*1-11(22)21(15-8-6-5-7-9-15)31-20-19(29-14(4)25)18(28-13(3)24)17(26)16(30-20)10-27-12(2)23/h2*5-9,16-20,26H,10H2,1-4H3/t2*16-,17-,18+,19-,20+/m11/s1. The predicted octanol–water partition coefficient (Wildman–Crippen LogP) is 0.967. The molecule has 2 aromatic carbocycles. The smallest absolute Gasteiger partial charge is 0.303 e. The number of hydrogen-bond donors (Lipinski definition) is 2. The van der Waals surface area contributed by atoms with Crippen LogP contribution in [0.25, 0.3) is 0 Å². The highest BCUT2D eigenvalue weighted by Gasteiger charge is 2.53. The van der Waals surface area contributed by atoms with Crippen molar-refractivity contribution in [3.05, 3.63) is 60.7 Å². The van der Waals surface area contributed by atoms with Gasteiger partial charge in [0.25, 0.3) is 0 Å². The first-order valence-corrected chi connectivity index (χ1v) is 18.9. The van der Waals surface area contributed by atoms with Crippen molar-refractivity contribution < 1.29 is 96.1 Å². The summed E-state index contributed by atoms with van der Waals surface area (Å²) in [5.74, 6) is -5.37. The molecular weight excluding hydrogens is 828 g/mol. The average Bonchev–Trinajstić information content (AvgIpc) is 3.19. The van der Waals surface area contributed by atoms with Crippen molar-refractivity contribution in [3.63, 3.8) is 0 Å². The van der Waals surface area contributed by atoms with Crippen LogP contribution in [-0.2, 0) is 85.9 Å². The van der Waals surface area contributed by atoms with Gasteiger partial charge in [0.1, 0.15) is 37.6 Å². The second kappa shape index (κ2) is 23.8. The first kappa shape index (κ1) is 50.3. The number of hydrogen-bond acceptors (Lipinski definition) is 20. The molecule has 0 aliphatic carbocycles. The van der Waals surface area contributed by atoms with Gasteiger partial charge in [-0.25, -0.2) is 9.68 Å². The van der Waals surface area contributed by atoms with Gasteiger partial charge in [-0.3, -0.25) is 38.4 Å². The van der Waals surface area contributed by atoms with E-state index < -0.39 is 122 Å². The van der Waals surface area contributed by atoms with E-state index in [2.05, 4.69) is 0 Å². The maximum absolute atomic E-state index is 12.2. The van der Waals surface area contributed by atoms with Crippen molar-refractivity contribution in [1.82, 2.24) is 0 Å². The highest BCUT2D eigenvalue weighted by Crippen LogP contribution is 2.31. The van der Waals surface area contributed by atoms with E-state index in [4.69, 9.17) is 47.6 Å². The maximum Gasteiger partial charge on any atom is 0.303 e. The van der Waals surface area contributed by atoms with Gasteiger partial charge in [0.15, 0.2) is 24.4 Å². The maximum atomic E-state index is 12.2. The first-order chi connectivity index (χ1) is 29.2. The molecule has 2 N–H and O–H groups in total. The van der Waals surface area contributed by atoms with Crippen LogP contribution >= 0.6 is 0 Å². The Bertz CT molecular complexity index is 1730. The van der Waals surface area contributed by atoms with Gasteiger partial charge in [0, 0.05) is 55.4 Å². The Morgan fingerprint density at radius 2 is 0.758 bits per heavy atom. The minimum atomic E-state index is -1.52. The number of nitrogens with zero attached hydrogens (tertiary/aromatic N) is 2. The van der Waals surface area contributed by atoms with Crippen LogP contribution in [0.3, 0.4) is 0 Å². The van der Waals surface area contributed by atoms with Crippen molar-refractivity contribution in [2.45, 2.75) is 117 Å². The second-order valence-corrected chi connectivity index (χ2v) is 13.5. The lowest BCUT2D eigenvalue weighted by Crippen LogP contribution is -2.63. The molecular formula is C40H50N2O20. The SMILES string of the molecule is CC(=O)OC[C@H]1O[C@@H](ON(C(C)=O)c2ccccc2)[C@H](OC(C)=O)[C@@H](OC(C)=O)[C@@H]1O.CC(=O)OC[C@H]1O[C@@H](ON(C(C)=O)c2ccccc2)[C@H](OC(C)=O)[C@@H](OC(C)=O)[C@@H]1O. The monoisotopic (exact) mass is 878 g/mol. The molecule has 0 radical (unpaired) electrons. The third-order valence-electron chi connectivity index (χ3n) is 8.32. The largest absolute Gasteiger partial charge is 0.463 e. The summed E-state index contributed by atoms with van der Waals surface area (Å²) in [6, 6.07) is 16.6. The molecule has 340 valence electrons. The van der Waals surface area contributed by atoms with Gasteiger partial charge < -0.3 is 48.1 Å². The molecule has 4 rings (SSSR count). The van der Waals surface area contributed by atoms with E-state index in [0.29, 0.717) is 11.4 Å². The minimum Gasteiger partial charge on any atom is -0.463 e. The predicted molar refractivity (Wildman–Crippen MR) is 206 cm³/mol. The van der Waals surface area contributed by atoms with E-state index in [1.165, 1.54) is 27.7 Å². The zero-order chi connectivity index (χ0) is 46.3. The Balaban J connectivity index is 0.000000330. The van der Waals surface area contributed by atoms with Crippen LogP contribution in [0.2, 0.25) is 0 Å². The molecule has 62 heavy (non-hydrogen) atoms.